The van der Waals surface area contributed by atoms with Crippen LogP contribution in [-0.4, -0.2) is 30.7 Å². The van der Waals surface area contributed by atoms with Crippen LogP contribution in [-0.2, 0) is 4.79 Å². The van der Waals surface area contributed by atoms with E-state index in [9.17, 15) is 9.18 Å². The molecule has 1 amide bonds. The van der Waals surface area contributed by atoms with E-state index in [-0.39, 0.29) is 11.7 Å². The quantitative estimate of drug-likeness (QED) is 0.406. The van der Waals surface area contributed by atoms with Gasteiger partial charge in [0, 0.05) is 23.5 Å². The number of hydrogen-bond acceptors (Lipinski definition) is 5. The van der Waals surface area contributed by atoms with Crippen molar-refractivity contribution in [3.8, 4) is 22.8 Å². The molecule has 1 N–H and O–H groups in total. The van der Waals surface area contributed by atoms with Crippen molar-refractivity contribution in [2.75, 3.05) is 5.32 Å². The average Bonchev–Trinajstić information content (AvgIpc) is 3.28. The molecule has 5 aromatic rings. The van der Waals surface area contributed by atoms with Crippen LogP contribution in [0.25, 0.3) is 34.5 Å². The third kappa shape index (κ3) is 4.49. The van der Waals surface area contributed by atoms with E-state index >= 15 is 0 Å². The normalized spacial score (nSPS) is 11.2. The number of halogens is 1. The fraction of sp³-hybridized carbons (Fsp3) is 0. The molecule has 0 saturated heterocycles. The molecule has 3 aromatic heterocycles. The Morgan fingerprint density at radius 1 is 0.879 bits per heavy atom. The number of carbonyl (C=O) groups excluding carboxylic acids is 1. The molecule has 8 heteroatoms. The highest BCUT2D eigenvalue weighted by Gasteiger charge is 2.11. The lowest BCUT2D eigenvalue weighted by molar-refractivity contribution is -0.111. The van der Waals surface area contributed by atoms with Crippen molar-refractivity contribution >= 4 is 23.3 Å². The van der Waals surface area contributed by atoms with Gasteiger partial charge in [0.15, 0.2) is 5.65 Å². The van der Waals surface area contributed by atoms with Gasteiger partial charge in [-0.25, -0.2) is 4.39 Å². The summed E-state index contributed by atoms with van der Waals surface area (Å²) in [6, 6.07) is 22.5. The SMILES string of the molecule is O=C(/C=C/c1ccc(F)cc1)Nc1ccc(-c2ccc3nnc(-c4ccccn4)n3n2)cc1. The summed E-state index contributed by atoms with van der Waals surface area (Å²) < 4.78 is 14.6. The van der Waals surface area contributed by atoms with E-state index < -0.39 is 0 Å². The summed E-state index contributed by atoms with van der Waals surface area (Å²) >= 11 is 0. The second-order valence-electron chi connectivity index (χ2n) is 7.18. The molecule has 3 heterocycles. The number of carbonyl (C=O) groups is 1. The van der Waals surface area contributed by atoms with E-state index in [1.54, 1.807) is 41.1 Å². The number of hydrogen-bond donors (Lipinski definition) is 1. The first kappa shape index (κ1) is 20.2. The second kappa shape index (κ2) is 8.80. The molecule has 0 radical (unpaired) electrons. The Hall–Kier alpha value is -4.72. The third-order valence-corrected chi connectivity index (χ3v) is 4.90. The number of benzene rings is 2. The summed E-state index contributed by atoms with van der Waals surface area (Å²) in [4.78, 5) is 16.5. The van der Waals surface area contributed by atoms with Crippen molar-refractivity contribution in [2.45, 2.75) is 0 Å². The summed E-state index contributed by atoms with van der Waals surface area (Å²) in [6.07, 6.45) is 4.73. The van der Waals surface area contributed by atoms with E-state index in [1.807, 2.05) is 42.5 Å². The Kier molecular flexibility index (Phi) is 5.38. The van der Waals surface area contributed by atoms with Crippen molar-refractivity contribution < 1.29 is 9.18 Å². The standard InChI is InChI=1S/C25H17FN6O/c26-19-9-4-17(5-10-19)6-15-24(33)28-20-11-7-18(8-12-20)21-13-14-23-29-30-25(32(23)31-21)22-3-1-2-16-27-22/h1-16H,(H,28,33)/b15-6+. The van der Waals surface area contributed by atoms with Gasteiger partial charge in [0.05, 0.1) is 5.69 Å². The molecule has 0 atom stereocenters. The maximum atomic E-state index is 13.0. The number of nitrogens with zero attached hydrogens (tertiary/aromatic N) is 5. The van der Waals surface area contributed by atoms with Gasteiger partial charge in [0.2, 0.25) is 11.7 Å². The van der Waals surface area contributed by atoms with Crippen LogP contribution in [0.2, 0.25) is 0 Å². The Morgan fingerprint density at radius 2 is 1.70 bits per heavy atom. The highest BCUT2D eigenvalue weighted by atomic mass is 19.1. The molecule has 33 heavy (non-hydrogen) atoms. The predicted molar refractivity (Wildman–Crippen MR) is 124 cm³/mol. The largest absolute Gasteiger partial charge is 0.323 e. The Balaban J connectivity index is 1.33. The van der Waals surface area contributed by atoms with Gasteiger partial charge < -0.3 is 5.32 Å². The molecule has 0 bridgehead atoms. The molecule has 0 unspecified atom stereocenters. The summed E-state index contributed by atoms with van der Waals surface area (Å²) in [5.74, 6) is -0.0389. The van der Waals surface area contributed by atoms with Crippen LogP contribution in [0, 0.1) is 5.82 Å². The summed E-state index contributed by atoms with van der Waals surface area (Å²) in [6.45, 7) is 0. The van der Waals surface area contributed by atoms with Crippen LogP contribution in [0.15, 0.2) is 91.1 Å². The lowest BCUT2D eigenvalue weighted by Crippen LogP contribution is -2.07. The zero-order valence-electron chi connectivity index (χ0n) is 17.3. The first-order valence-electron chi connectivity index (χ1n) is 10.1. The highest BCUT2D eigenvalue weighted by molar-refractivity contribution is 6.02. The average molecular weight is 436 g/mol. The van der Waals surface area contributed by atoms with Gasteiger partial charge in [-0.2, -0.15) is 9.61 Å². The van der Waals surface area contributed by atoms with Gasteiger partial charge >= 0.3 is 0 Å². The van der Waals surface area contributed by atoms with Crippen molar-refractivity contribution in [3.05, 3.63) is 103 Å². The number of amides is 1. The van der Waals surface area contributed by atoms with Crippen LogP contribution in [0.4, 0.5) is 10.1 Å². The zero-order valence-corrected chi connectivity index (χ0v) is 17.3. The Labute approximate surface area is 188 Å². The van der Waals surface area contributed by atoms with Crippen molar-refractivity contribution in [2.24, 2.45) is 0 Å². The number of fused-ring (bicyclic) bond motifs is 1. The van der Waals surface area contributed by atoms with Crippen molar-refractivity contribution in [1.29, 1.82) is 0 Å². The third-order valence-electron chi connectivity index (χ3n) is 4.90. The minimum Gasteiger partial charge on any atom is -0.323 e. The minimum absolute atomic E-state index is 0.281. The monoisotopic (exact) mass is 436 g/mol. The molecular formula is C25H17FN6O. The molecule has 160 valence electrons. The number of aromatic nitrogens is 5. The van der Waals surface area contributed by atoms with Gasteiger partial charge in [-0.3, -0.25) is 9.78 Å². The lowest BCUT2D eigenvalue weighted by Gasteiger charge is -2.06. The Morgan fingerprint density at radius 3 is 2.45 bits per heavy atom. The van der Waals surface area contributed by atoms with Crippen LogP contribution in [0.1, 0.15) is 5.56 Å². The predicted octanol–water partition coefficient (Wildman–Crippen LogP) is 4.64. The lowest BCUT2D eigenvalue weighted by atomic mass is 10.1. The highest BCUT2D eigenvalue weighted by Crippen LogP contribution is 2.22. The van der Waals surface area contributed by atoms with Crippen molar-refractivity contribution in [1.82, 2.24) is 24.8 Å². The molecule has 0 aliphatic heterocycles. The molecular weight excluding hydrogens is 419 g/mol. The molecule has 0 aliphatic rings. The van der Waals surface area contributed by atoms with Gasteiger partial charge in [0.25, 0.3) is 0 Å². The van der Waals surface area contributed by atoms with Crippen molar-refractivity contribution in [3.63, 3.8) is 0 Å². The number of pyridine rings is 1. The maximum Gasteiger partial charge on any atom is 0.248 e. The smallest absolute Gasteiger partial charge is 0.248 e. The zero-order chi connectivity index (χ0) is 22.6. The maximum absolute atomic E-state index is 13.0. The number of nitrogens with one attached hydrogen (secondary N) is 1. The van der Waals surface area contributed by atoms with Gasteiger partial charge in [-0.1, -0.05) is 30.3 Å². The fourth-order valence-corrected chi connectivity index (χ4v) is 3.25. The Bertz CT molecular complexity index is 1440. The summed E-state index contributed by atoms with van der Waals surface area (Å²) in [7, 11) is 0. The molecule has 0 spiro atoms. The molecule has 0 aliphatic carbocycles. The topological polar surface area (TPSA) is 85.1 Å². The van der Waals surface area contributed by atoms with E-state index in [4.69, 9.17) is 0 Å². The van der Waals surface area contributed by atoms with Crippen LogP contribution in [0.5, 0.6) is 0 Å². The molecule has 0 saturated carbocycles. The van der Waals surface area contributed by atoms with E-state index in [2.05, 4.69) is 25.6 Å². The van der Waals surface area contributed by atoms with E-state index in [1.165, 1.54) is 18.2 Å². The van der Waals surface area contributed by atoms with Crippen LogP contribution < -0.4 is 5.32 Å². The van der Waals surface area contributed by atoms with Gasteiger partial charge in [-0.05, 0) is 60.2 Å². The van der Waals surface area contributed by atoms with Gasteiger partial charge in [-0.15, -0.1) is 10.2 Å². The van der Waals surface area contributed by atoms with E-state index in [0.717, 1.165) is 16.8 Å². The number of anilines is 1. The number of rotatable bonds is 5. The van der Waals surface area contributed by atoms with Crippen LogP contribution >= 0.6 is 0 Å². The fourth-order valence-electron chi connectivity index (χ4n) is 3.25. The summed E-state index contributed by atoms with van der Waals surface area (Å²) in [5, 5.41) is 15.8. The first-order chi connectivity index (χ1) is 16.2. The first-order valence-corrected chi connectivity index (χ1v) is 10.1. The molecule has 7 nitrogen and oxygen atoms in total. The van der Waals surface area contributed by atoms with Gasteiger partial charge in [0.1, 0.15) is 11.5 Å². The van der Waals surface area contributed by atoms with E-state index in [0.29, 0.717) is 22.9 Å². The summed E-state index contributed by atoms with van der Waals surface area (Å²) in [5.41, 5.74) is 4.29. The molecule has 0 fully saturated rings. The minimum atomic E-state index is -0.317. The molecule has 2 aromatic carbocycles. The van der Waals surface area contributed by atoms with Crippen LogP contribution in [0.3, 0.4) is 0 Å². The molecule has 5 rings (SSSR count). The second-order valence-corrected chi connectivity index (χ2v) is 7.18.